The summed E-state index contributed by atoms with van der Waals surface area (Å²) >= 11 is 0. The van der Waals surface area contributed by atoms with Crippen molar-refractivity contribution in [3.8, 4) is 0 Å². The van der Waals surface area contributed by atoms with Gasteiger partial charge in [0.1, 0.15) is 0 Å². The summed E-state index contributed by atoms with van der Waals surface area (Å²) in [6.45, 7) is 2.10. The van der Waals surface area contributed by atoms with Gasteiger partial charge < -0.3 is 4.74 Å². The minimum Gasteiger partial charge on any atom is -0.466 e. The van der Waals surface area contributed by atoms with Crippen LogP contribution in [0.15, 0.2) is 35.2 Å². The van der Waals surface area contributed by atoms with Crippen molar-refractivity contribution in [3.05, 3.63) is 35.9 Å². The highest BCUT2D eigenvalue weighted by Crippen LogP contribution is 2.12. The fourth-order valence-electron chi connectivity index (χ4n) is 1.36. The summed E-state index contributed by atoms with van der Waals surface area (Å²) in [5.74, 6) is -0.298. The van der Waals surface area contributed by atoms with Crippen molar-refractivity contribution in [1.82, 2.24) is 0 Å². The first-order valence-corrected chi connectivity index (χ1v) is 7.45. The van der Waals surface area contributed by atoms with Gasteiger partial charge in [-0.25, -0.2) is 8.42 Å². The Balaban J connectivity index is 2.74. The van der Waals surface area contributed by atoms with Gasteiger partial charge in [-0.05, 0) is 24.6 Å². The van der Waals surface area contributed by atoms with Crippen LogP contribution in [0.5, 0.6) is 0 Å². The summed E-state index contributed by atoms with van der Waals surface area (Å²) in [6.07, 6.45) is 4.69. The number of rotatable bonds is 5. The van der Waals surface area contributed by atoms with E-state index in [-0.39, 0.29) is 17.3 Å². The topological polar surface area (TPSA) is 60.4 Å². The third kappa shape index (κ3) is 4.71. The number of carbonyl (C=O) groups is 1. The van der Waals surface area contributed by atoms with Crippen LogP contribution in [0.3, 0.4) is 0 Å². The third-order valence-electron chi connectivity index (χ3n) is 2.19. The molecule has 1 rings (SSSR count). The van der Waals surface area contributed by atoms with E-state index in [9.17, 15) is 13.2 Å². The van der Waals surface area contributed by atoms with Crippen molar-refractivity contribution in [1.29, 1.82) is 0 Å². The van der Waals surface area contributed by atoms with Crippen LogP contribution in [0.4, 0.5) is 0 Å². The molecular formula is C13H16O4S. The average molecular weight is 268 g/mol. The standard InChI is InChI=1S/C13H16O4S/c1-3-17-13(14)9-5-7-11-6-4-8-12(10-11)18(2,15)16/h4-8,10H,3,9H2,1-2H3. The molecular weight excluding hydrogens is 252 g/mol. The highest BCUT2D eigenvalue weighted by molar-refractivity contribution is 7.90. The van der Waals surface area contributed by atoms with Crippen LogP contribution in [0.1, 0.15) is 18.9 Å². The zero-order valence-electron chi connectivity index (χ0n) is 10.4. The number of hydrogen-bond donors (Lipinski definition) is 0. The number of benzene rings is 1. The summed E-state index contributed by atoms with van der Waals surface area (Å²) in [4.78, 5) is 11.4. The highest BCUT2D eigenvalue weighted by atomic mass is 32.2. The SMILES string of the molecule is CCOC(=O)CC=Cc1cccc(S(C)(=O)=O)c1. The Bertz CT molecular complexity index is 544. The van der Waals surface area contributed by atoms with E-state index in [1.54, 1.807) is 37.3 Å². The highest BCUT2D eigenvalue weighted by Gasteiger charge is 2.06. The van der Waals surface area contributed by atoms with E-state index in [2.05, 4.69) is 0 Å². The Morgan fingerprint density at radius 1 is 1.39 bits per heavy atom. The smallest absolute Gasteiger partial charge is 0.309 e. The van der Waals surface area contributed by atoms with Crippen LogP contribution in [0.2, 0.25) is 0 Å². The van der Waals surface area contributed by atoms with Crippen LogP contribution >= 0.6 is 0 Å². The third-order valence-corrected chi connectivity index (χ3v) is 3.30. The first-order valence-electron chi connectivity index (χ1n) is 5.55. The van der Waals surface area contributed by atoms with Gasteiger partial charge in [0.2, 0.25) is 0 Å². The van der Waals surface area contributed by atoms with Crippen LogP contribution in [-0.2, 0) is 19.4 Å². The van der Waals surface area contributed by atoms with Gasteiger partial charge in [0, 0.05) is 6.26 Å². The molecule has 0 N–H and O–H groups in total. The van der Waals surface area contributed by atoms with Gasteiger partial charge in [0.25, 0.3) is 0 Å². The molecule has 0 aliphatic rings. The molecule has 0 heterocycles. The van der Waals surface area contributed by atoms with Crippen molar-refractivity contribution in [3.63, 3.8) is 0 Å². The number of ether oxygens (including phenoxy) is 1. The molecule has 1 aromatic carbocycles. The summed E-state index contributed by atoms with van der Waals surface area (Å²) < 4.78 is 27.5. The molecule has 0 spiro atoms. The molecule has 0 saturated heterocycles. The van der Waals surface area contributed by atoms with Crippen LogP contribution in [0.25, 0.3) is 6.08 Å². The normalized spacial score (nSPS) is 11.7. The first kappa shape index (κ1) is 14.4. The Kier molecular flexibility index (Phi) is 5.09. The van der Waals surface area contributed by atoms with E-state index >= 15 is 0 Å². The zero-order valence-corrected chi connectivity index (χ0v) is 11.2. The van der Waals surface area contributed by atoms with E-state index < -0.39 is 9.84 Å². The van der Waals surface area contributed by atoms with Gasteiger partial charge >= 0.3 is 5.97 Å². The lowest BCUT2D eigenvalue weighted by Crippen LogP contribution is -2.01. The van der Waals surface area contributed by atoms with Crippen LogP contribution in [-0.4, -0.2) is 27.2 Å². The monoisotopic (exact) mass is 268 g/mol. The second-order valence-corrected chi connectivity index (χ2v) is 5.77. The van der Waals surface area contributed by atoms with Crippen molar-refractivity contribution in [2.24, 2.45) is 0 Å². The zero-order chi connectivity index (χ0) is 13.6. The fourth-order valence-corrected chi connectivity index (χ4v) is 2.04. The van der Waals surface area contributed by atoms with Crippen molar-refractivity contribution < 1.29 is 17.9 Å². The Morgan fingerprint density at radius 3 is 2.72 bits per heavy atom. The maximum absolute atomic E-state index is 11.4. The first-order chi connectivity index (χ1) is 8.43. The fraction of sp³-hybridized carbons (Fsp3) is 0.308. The second-order valence-electron chi connectivity index (χ2n) is 3.76. The maximum atomic E-state index is 11.4. The molecule has 0 saturated carbocycles. The molecule has 0 fully saturated rings. The van der Waals surface area contributed by atoms with E-state index in [1.807, 2.05) is 0 Å². The van der Waals surface area contributed by atoms with E-state index in [1.165, 1.54) is 6.07 Å². The van der Waals surface area contributed by atoms with Crippen LogP contribution in [0, 0.1) is 0 Å². The van der Waals surface area contributed by atoms with Crippen LogP contribution < -0.4 is 0 Å². The van der Waals surface area contributed by atoms with Gasteiger partial charge in [-0.1, -0.05) is 24.3 Å². The number of hydrogen-bond acceptors (Lipinski definition) is 4. The molecule has 98 valence electrons. The Hall–Kier alpha value is -1.62. The number of esters is 1. The number of carbonyl (C=O) groups excluding carboxylic acids is 1. The Morgan fingerprint density at radius 2 is 2.11 bits per heavy atom. The molecule has 5 heteroatoms. The maximum Gasteiger partial charge on any atom is 0.309 e. The summed E-state index contributed by atoms with van der Waals surface area (Å²) in [5, 5.41) is 0. The summed E-state index contributed by atoms with van der Waals surface area (Å²) in [7, 11) is -3.20. The number of sulfone groups is 1. The van der Waals surface area contributed by atoms with Gasteiger partial charge in [-0.3, -0.25) is 4.79 Å². The lowest BCUT2D eigenvalue weighted by Gasteiger charge is -2.00. The molecule has 0 bridgehead atoms. The van der Waals surface area contributed by atoms with Gasteiger partial charge in [0.05, 0.1) is 17.9 Å². The molecule has 0 aromatic heterocycles. The Labute approximate surface area is 107 Å². The van der Waals surface area contributed by atoms with Gasteiger partial charge in [-0.2, -0.15) is 0 Å². The molecule has 0 atom stereocenters. The van der Waals surface area contributed by atoms with Crippen molar-refractivity contribution >= 4 is 21.9 Å². The molecule has 0 radical (unpaired) electrons. The minimum atomic E-state index is -3.20. The van der Waals surface area contributed by atoms with Gasteiger partial charge in [-0.15, -0.1) is 0 Å². The predicted molar refractivity (Wildman–Crippen MR) is 69.8 cm³/mol. The minimum absolute atomic E-state index is 0.178. The molecule has 1 aromatic rings. The molecule has 18 heavy (non-hydrogen) atoms. The van der Waals surface area contributed by atoms with Gasteiger partial charge in [0.15, 0.2) is 9.84 Å². The lowest BCUT2D eigenvalue weighted by molar-refractivity contribution is -0.142. The molecule has 0 amide bonds. The van der Waals surface area contributed by atoms with Crippen molar-refractivity contribution in [2.75, 3.05) is 12.9 Å². The second kappa shape index (κ2) is 6.35. The van der Waals surface area contributed by atoms with E-state index in [0.29, 0.717) is 6.61 Å². The summed E-state index contributed by atoms with van der Waals surface area (Å²) in [6, 6.07) is 6.55. The largest absolute Gasteiger partial charge is 0.466 e. The average Bonchev–Trinajstić information content (AvgIpc) is 2.29. The predicted octanol–water partition coefficient (Wildman–Crippen LogP) is 2.06. The molecule has 0 aliphatic heterocycles. The van der Waals surface area contributed by atoms with Crippen molar-refractivity contribution in [2.45, 2.75) is 18.2 Å². The molecule has 4 nitrogen and oxygen atoms in total. The summed E-state index contributed by atoms with van der Waals surface area (Å²) in [5.41, 5.74) is 0.738. The van der Waals surface area contributed by atoms with E-state index in [0.717, 1.165) is 11.8 Å². The lowest BCUT2D eigenvalue weighted by atomic mass is 10.2. The van der Waals surface area contributed by atoms with E-state index in [4.69, 9.17) is 4.74 Å². The quantitative estimate of drug-likeness (QED) is 0.767. The molecule has 0 unspecified atom stereocenters. The molecule has 0 aliphatic carbocycles.